The minimum atomic E-state index is -0.343. The van der Waals surface area contributed by atoms with Crippen molar-refractivity contribution >= 4 is 5.97 Å². The summed E-state index contributed by atoms with van der Waals surface area (Å²) < 4.78 is 4.80. The van der Waals surface area contributed by atoms with Crippen LogP contribution in [0.5, 0.6) is 0 Å². The van der Waals surface area contributed by atoms with E-state index in [0.29, 0.717) is 0 Å². The molecule has 0 aliphatic heterocycles. The van der Waals surface area contributed by atoms with E-state index in [1.54, 1.807) is 0 Å². The van der Waals surface area contributed by atoms with Crippen molar-refractivity contribution < 1.29 is 9.53 Å². The number of carbonyl (C=O) groups excluding carboxylic acids is 1. The van der Waals surface area contributed by atoms with Gasteiger partial charge in [0.2, 0.25) is 0 Å². The summed E-state index contributed by atoms with van der Waals surface area (Å²) in [6.07, 6.45) is 0. The number of fused-ring (bicyclic) bond motifs is 3. The lowest BCUT2D eigenvalue weighted by Gasteiger charge is -2.19. The summed E-state index contributed by atoms with van der Waals surface area (Å²) in [4.78, 5) is 11.6. The molecule has 0 saturated heterocycles. The van der Waals surface area contributed by atoms with Gasteiger partial charge in [-0.3, -0.25) is 10.1 Å². The molecule has 3 heteroatoms. The molecule has 1 N–H and O–H groups in total. The van der Waals surface area contributed by atoms with Crippen LogP contribution in [0.1, 0.15) is 24.1 Å². The highest BCUT2D eigenvalue weighted by atomic mass is 16.5. The van der Waals surface area contributed by atoms with Gasteiger partial charge < -0.3 is 4.74 Å². The molecule has 3 rings (SSSR count). The van der Waals surface area contributed by atoms with E-state index in [1.165, 1.54) is 29.4 Å². The Labute approximate surface area is 118 Å². The molecule has 3 nitrogen and oxygen atoms in total. The van der Waals surface area contributed by atoms with Gasteiger partial charge in [0.1, 0.15) is 6.04 Å². The highest BCUT2D eigenvalue weighted by molar-refractivity contribution is 5.80. The van der Waals surface area contributed by atoms with Crippen molar-refractivity contribution in [3.05, 3.63) is 59.7 Å². The maximum Gasteiger partial charge on any atom is 0.322 e. The predicted molar refractivity (Wildman–Crippen MR) is 78.3 cm³/mol. The first-order chi connectivity index (χ1) is 9.72. The van der Waals surface area contributed by atoms with Crippen LogP contribution in [-0.2, 0) is 9.53 Å². The van der Waals surface area contributed by atoms with Gasteiger partial charge in [-0.25, -0.2) is 0 Å². The smallest absolute Gasteiger partial charge is 0.322 e. The summed E-state index contributed by atoms with van der Waals surface area (Å²) in [7, 11) is 1.41. The van der Waals surface area contributed by atoms with E-state index in [4.69, 9.17) is 4.74 Å². The number of rotatable bonds is 3. The third kappa shape index (κ3) is 2.00. The molecule has 0 radical (unpaired) electrons. The van der Waals surface area contributed by atoms with Crippen LogP contribution in [0.3, 0.4) is 0 Å². The summed E-state index contributed by atoms with van der Waals surface area (Å²) in [5, 5.41) is 3.37. The van der Waals surface area contributed by atoms with Gasteiger partial charge in [-0.15, -0.1) is 0 Å². The van der Waals surface area contributed by atoms with Crippen molar-refractivity contribution in [3.8, 4) is 11.1 Å². The number of methoxy groups -OCH3 is 1. The van der Waals surface area contributed by atoms with Crippen LogP contribution in [0, 0.1) is 0 Å². The Balaban J connectivity index is 2.01. The predicted octanol–water partition coefficient (Wildman–Crippen LogP) is 2.91. The Morgan fingerprint density at radius 3 is 2.05 bits per heavy atom. The van der Waals surface area contributed by atoms with Crippen LogP contribution < -0.4 is 5.32 Å². The third-order valence-corrected chi connectivity index (χ3v) is 3.81. The second-order valence-electron chi connectivity index (χ2n) is 5.02. The SMILES string of the molecule is COC(=O)[C@H](C)NC1c2ccccc2-c2ccccc21. The van der Waals surface area contributed by atoms with E-state index in [0.717, 1.165) is 0 Å². The topological polar surface area (TPSA) is 38.3 Å². The molecule has 0 saturated carbocycles. The Bertz CT molecular complexity index is 605. The molecule has 0 spiro atoms. The van der Waals surface area contributed by atoms with E-state index < -0.39 is 0 Å². The normalized spacial score (nSPS) is 14.5. The number of benzene rings is 2. The van der Waals surface area contributed by atoms with Crippen LogP contribution in [0.25, 0.3) is 11.1 Å². The molecule has 2 aromatic rings. The second-order valence-corrected chi connectivity index (χ2v) is 5.02. The van der Waals surface area contributed by atoms with Crippen LogP contribution in [0.4, 0.5) is 0 Å². The zero-order valence-electron chi connectivity index (χ0n) is 11.6. The van der Waals surface area contributed by atoms with Crippen molar-refractivity contribution in [1.82, 2.24) is 5.32 Å². The van der Waals surface area contributed by atoms with Gasteiger partial charge in [-0.1, -0.05) is 48.5 Å². The monoisotopic (exact) mass is 267 g/mol. The summed E-state index contributed by atoms with van der Waals surface area (Å²) in [6.45, 7) is 1.83. The van der Waals surface area contributed by atoms with E-state index in [-0.39, 0.29) is 18.1 Å². The zero-order chi connectivity index (χ0) is 14.1. The largest absolute Gasteiger partial charge is 0.468 e. The summed E-state index contributed by atoms with van der Waals surface area (Å²) in [5.74, 6) is -0.244. The number of esters is 1. The van der Waals surface area contributed by atoms with Crippen LogP contribution in [0.15, 0.2) is 48.5 Å². The first-order valence-electron chi connectivity index (χ1n) is 6.74. The van der Waals surface area contributed by atoms with Crippen LogP contribution in [-0.4, -0.2) is 19.1 Å². The highest BCUT2D eigenvalue weighted by Crippen LogP contribution is 2.43. The van der Waals surface area contributed by atoms with E-state index in [1.807, 2.05) is 31.2 Å². The molecule has 102 valence electrons. The quantitative estimate of drug-likeness (QED) is 0.869. The van der Waals surface area contributed by atoms with Gasteiger partial charge >= 0.3 is 5.97 Å². The van der Waals surface area contributed by atoms with Crippen LogP contribution in [0.2, 0.25) is 0 Å². The van der Waals surface area contributed by atoms with Gasteiger partial charge in [0.15, 0.2) is 0 Å². The number of hydrogen-bond donors (Lipinski definition) is 1. The molecule has 1 aliphatic rings. The number of hydrogen-bond acceptors (Lipinski definition) is 3. The maximum absolute atomic E-state index is 11.6. The lowest BCUT2D eigenvalue weighted by molar-refractivity contribution is -0.142. The minimum absolute atomic E-state index is 0.0384. The summed E-state index contributed by atoms with van der Waals surface area (Å²) in [5.41, 5.74) is 4.89. The minimum Gasteiger partial charge on any atom is -0.468 e. The van der Waals surface area contributed by atoms with Gasteiger partial charge in [-0.05, 0) is 29.2 Å². The van der Waals surface area contributed by atoms with E-state index >= 15 is 0 Å². The average Bonchev–Trinajstić information content (AvgIpc) is 2.81. The first kappa shape index (κ1) is 12.9. The van der Waals surface area contributed by atoms with E-state index in [9.17, 15) is 4.79 Å². The average molecular weight is 267 g/mol. The van der Waals surface area contributed by atoms with Crippen molar-refractivity contribution in [2.24, 2.45) is 0 Å². The molecule has 0 heterocycles. The van der Waals surface area contributed by atoms with Crippen molar-refractivity contribution in [1.29, 1.82) is 0 Å². The van der Waals surface area contributed by atoms with Gasteiger partial charge in [-0.2, -0.15) is 0 Å². The summed E-state index contributed by atoms with van der Waals surface area (Å²) in [6, 6.07) is 16.3. The standard InChI is InChI=1S/C17H17NO2/c1-11(17(19)20-2)18-16-14-9-5-3-7-12(14)13-8-4-6-10-15(13)16/h3-11,16,18H,1-2H3/t11-/m0/s1. The fourth-order valence-electron chi connectivity index (χ4n) is 2.83. The molecular formula is C17H17NO2. The highest BCUT2D eigenvalue weighted by Gasteiger charge is 2.30. The Morgan fingerprint density at radius 1 is 1.05 bits per heavy atom. The maximum atomic E-state index is 11.6. The molecule has 1 atom stereocenters. The zero-order valence-corrected chi connectivity index (χ0v) is 11.6. The Morgan fingerprint density at radius 2 is 1.55 bits per heavy atom. The number of nitrogens with one attached hydrogen (secondary N) is 1. The number of carbonyl (C=O) groups is 1. The van der Waals surface area contributed by atoms with Gasteiger partial charge in [0.25, 0.3) is 0 Å². The van der Waals surface area contributed by atoms with Crippen molar-refractivity contribution in [2.75, 3.05) is 7.11 Å². The second kappa shape index (κ2) is 5.10. The van der Waals surface area contributed by atoms with Gasteiger partial charge in [0.05, 0.1) is 13.2 Å². The van der Waals surface area contributed by atoms with E-state index in [2.05, 4.69) is 29.6 Å². The molecule has 0 amide bonds. The molecular weight excluding hydrogens is 250 g/mol. The molecule has 0 bridgehead atoms. The van der Waals surface area contributed by atoms with Crippen molar-refractivity contribution in [3.63, 3.8) is 0 Å². The first-order valence-corrected chi connectivity index (χ1v) is 6.74. The van der Waals surface area contributed by atoms with Gasteiger partial charge in [0, 0.05) is 0 Å². The Kier molecular flexibility index (Phi) is 3.28. The lowest BCUT2D eigenvalue weighted by atomic mass is 10.0. The fourth-order valence-corrected chi connectivity index (χ4v) is 2.83. The molecule has 2 aromatic carbocycles. The molecule has 0 aromatic heterocycles. The third-order valence-electron chi connectivity index (χ3n) is 3.81. The number of ether oxygens (including phenoxy) is 1. The molecule has 1 aliphatic carbocycles. The fraction of sp³-hybridized carbons (Fsp3) is 0.235. The molecule has 20 heavy (non-hydrogen) atoms. The van der Waals surface area contributed by atoms with Crippen molar-refractivity contribution in [2.45, 2.75) is 19.0 Å². The molecule has 0 fully saturated rings. The summed E-state index contributed by atoms with van der Waals surface area (Å²) >= 11 is 0. The molecule has 0 unspecified atom stereocenters. The van der Waals surface area contributed by atoms with Crippen LogP contribution >= 0.6 is 0 Å². The Hall–Kier alpha value is -2.13. The lowest BCUT2D eigenvalue weighted by Crippen LogP contribution is -2.37.